The van der Waals surface area contributed by atoms with E-state index in [1.165, 1.54) is 0 Å². The Morgan fingerprint density at radius 1 is 1.15 bits per heavy atom. The van der Waals surface area contributed by atoms with Crippen LogP contribution in [0, 0.1) is 0 Å². The number of carbonyl (C=O) groups is 1. The fourth-order valence-electron chi connectivity index (χ4n) is 2.79. The molecule has 0 spiro atoms. The first-order chi connectivity index (χ1) is 12.8. The molecule has 6 nitrogen and oxygen atoms in total. The Bertz CT molecular complexity index is 881. The van der Waals surface area contributed by atoms with E-state index >= 15 is 0 Å². The number of para-hydroxylation sites is 1. The number of aryl methyl sites for hydroxylation is 1. The zero-order valence-corrected chi connectivity index (χ0v) is 16.8. The minimum Gasteiger partial charge on any atom is -0.497 e. The maximum absolute atomic E-state index is 12.3. The van der Waals surface area contributed by atoms with Crippen molar-refractivity contribution in [2.24, 2.45) is 0 Å². The number of amides is 1. The molecule has 0 unspecified atom stereocenters. The molecule has 0 heterocycles. The number of nitrogens with one attached hydrogen (secondary N) is 1. The molecule has 0 radical (unpaired) electrons. The fraction of sp³-hybridized carbons (Fsp3) is 0.350. The first-order valence-electron chi connectivity index (χ1n) is 8.80. The van der Waals surface area contributed by atoms with Crippen molar-refractivity contribution in [3.05, 3.63) is 59.7 Å². The molecule has 0 aliphatic heterocycles. The van der Waals surface area contributed by atoms with Crippen LogP contribution in [0.15, 0.2) is 48.5 Å². The predicted octanol–water partition coefficient (Wildman–Crippen LogP) is 2.38. The summed E-state index contributed by atoms with van der Waals surface area (Å²) in [6.07, 6.45) is 2.43. The van der Waals surface area contributed by atoms with E-state index in [-0.39, 0.29) is 12.5 Å². The third kappa shape index (κ3) is 5.99. The monoisotopic (exact) mass is 390 g/mol. The molecule has 1 amide bonds. The molecule has 0 fully saturated rings. The number of methoxy groups -OCH3 is 1. The van der Waals surface area contributed by atoms with Crippen LogP contribution in [-0.4, -0.2) is 40.8 Å². The summed E-state index contributed by atoms with van der Waals surface area (Å²) in [7, 11) is -1.97. The van der Waals surface area contributed by atoms with Crippen LogP contribution < -0.4 is 14.4 Å². The zero-order chi connectivity index (χ0) is 19.9. The van der Waals surface area contributed by atoms with E-state index in [1.54, 1.807) is 19.2 Å². The first kappa shape index (κ1) is 20.8. The van der Waals surface area contributed by atoms with E-state index in [0.29, 0.717) is 25.1 Å². The second kappa shape index (κ2) is 9.41. The van der Waals surface area contributed by atoms with Crippen molar-refractivity contribution in [2.75, 3.05) is 30.8 Å². The van der Waals surface area contributed by atoms with Crippen molar-refractivity contribution in [2.45, 2.75) is 19.8 Å². The van der Waals surface area contributed by atoms with E-state index in [0.717, 1.165) is 27.4 Å². The van der Waals surface area contributed by atoms with Crippen molar-refractivity contribution in [1.82, 2.24) is 5.32 Å². The minimum atomic E-state index is -3.58. The van der Waals surface area contributed by atoms with Crippen LogP contribution in [0.5, 0.6) is 5.75 Å². The van der Waals surface area contributed by atoms with Crippen LogP contribution in [0.25, 0.3) is 0 Å². The summed E-state index contributed by atoms with van der Waals surface area (Å²) >= 11 is 0. The van der Waals surface area contributed by atoms with Crippen molar-refractivity contribution >= 4 is 21.6 Å². The molecule has 1 N–H and O–H groups in total. The Morgan fingerprint density at radius 3 is 2.56 bits per heavy atom. The van der Waals surface area contributed by atoms with Gasteiger partial charge in [0.1, 0.15) is 12.3 Å². The van der Waals surface area contributed by atoms with Gasteiger partial charge in [0.25, 0.3) is 0 Å². The number of hydrogen-bond acceptors (Lipinski definition) is 4. The number of anilines is 1. The Kier molecular flexibility index (Phi) is 7.24. The van der Waals surface area contributed by atoms with Gasteiger partial charge in [-0.15, -0.1) is 0 Å². The molecule has 0 saturated carbocycles. The molecule has 0 aliphatic rings. The maximum atomic E-state index is 12.3. The summed E-state index contributed by atoms with van der Waals surface area (Å²) < 4.78 is 30.8. The Hall–Kier alpha value is -2.54. The second-order valence-electron chi connectivity index (χ2n) is 6.20. The Morgan fingerprint density at radius 2 is 1.89 bits per heavy atom. The van der Waals surface area contributed by atoms with Gasteiger partial charge in [-0.25, -0.2) is 8.42 Å². The lowest BCUT2D eigenvalue weighted by molar-refractivity contribution is -0.119. The number of carbonyl (C=O) groups excluding carboxylic acids is 1. The third-order valence-electron chi connectivity index (χ3n) is 4.20. The smallest absolute Gasteiger partial charge is 0.240 e. The van der Waals surface area contributed by atoms with Crippen molar-refractivity contribution < 1.29 is 17.9 Å². The number of benzene rings is 2. The molecule has 146 valence electrons. The highest BCUT2D eigenvalue weighted by atomic mass is 32.2. The molecule has 0 saturated heterocycles. The lowest BCUT2D eigenvalue weighted by atomic mass is 10.1. The van der Waals surface area contributed by atoms with Gasteiger partial charge in [0.05, 0.1) is 19.1 Å². The van der Waals surface area contributed by atoms with Crippen LogP contribution in [-0.2, 0) is 27.7 Å². The van der Waals surface area contributed by atoms with E-state index in [2.05, 4.69) is 5.32 Å². The topological polar surface area (TPSA) is 75.7 Å². The highest BCUT2D eigenvalue weighted by molar-refractivity contribution is 7.92. The minimum absolute atomic E-state index is 0.242. The van der Waals surface area contributed by atoms with Crippen LogP contribution in [0.3, 0.4) is 0 Å². The standard InChI is InChI=1S/C20H26N2O4S/c1-4-17-9-5-6-11-19(17)22(27(3,24)25)15-20(23)21-13-12-16-8-7-10-18(14-16)26-2/h5-11,14H,4,12-13,15H2,1-3H3,(H,21,23). The summed E-state index contributed by atoms with van der Waals surface area (Å²) in [5.41, 5.74) is 2.46. The third-order valence-corrected chi connectivity index (χ3v) is 5.33. The zero-order valence-electron chi connectivity index (χ0n) is 15.9. The molecule has 2 aromatic rings. The summed E-state index contributed by atoms with van der Waals surface area (Å²) in [5.74, 6) is 0.424. The van der Waals surface area contributed by atoms with Gasteiger partial charge in [0.15, 0.2) is 0 Å². The van der Waals surface area contributed by atoms with Gasteiger partial charge in [-0.2, -0.15) is 0 Å². The molecule has 2 rings (SSSR count). The molecule has 7 heteroatoms. The molecule has 27 heavy (non-hydrogen) atoms. The largest absolute Gasteiger partial charge is 0.497 e. The van der Waals surface area contributed by atoms with Crippen LogP contribution in [0.2, 0.25) is 0 Å². The lowest BCUT2D eigenvalue weighted by Crippen LogP contribution is -2.41. The van der Waals surface area contributed by atoms with Gasteiger partial charge in [-0.05, 0) is 42.2 Å². The lowest BCUT2D eigenvalue weighted by Gasteiger charge is -2.24. The number of sulfonamides is 1. The van der Waals surface area contributed by atoms with Gasteiger partial charge < -0.3 is 10.1 Å². The highest BCUT2D eigenvalue weighted by Gasteiger charge is 2.22. The summed E-state index contributed by atoms with van der Waals surface area (Å²) in [4.78, 5) is 12.3. The summed E-state index contributed by atoms with van der Waals surface area (Å²) in [6, 6.07) is 14.8. The van der Waals surface area contributed by atoms with Gasteiger partial charge in [0.2, 0.25) is 15.9 Å². The molecule has 0 aromatic heterocycles. The van der Waals surface area contributed by atoms with E-state index in [4.69, 9.17) is 4.74 Å². The number of rotatable bonds is 9. The number of hydrogen-bond donors (Lipinski definition) is 1. The quantitative estimate of drug-likeness (QED) is 0.713. The average Bonchev–Trinajstić information content (AvgIpc) is 2.65. The van der Waals surface area contributed by atoms with Crippen LogP contribution in [0.4, 0.5) is 5.69 Å². The highest BCUT2D eigenvalue weighted by Crippen LogP contribution is 2.23. The van der Waals surface area contributed by atoms with Gasteiger partial charge in [-0.3, -0.25) is 9.10 Å². The molecule has 0 atom stereocenters. The van der Waals surface area contributed by atoms with E-state index in [1.807, 2.05) is 43.3 Å². The molecular formula is C20H26N2O4S. The second-order valence-corrected chi connectivity index (χ2v) is 8.11. The summed E-state index contributed by atoms with van der Waals surface area (Å²) in [6.45, 7) is 2.13. The molecule has 0 aliphatic carbocycles. The summed E-state index contributed by atoms with van der Waals surface area (Å²) in [5, 5.41) is 2.79. The average molecular weight is 391 g/mol. The van der Waals surface area contributed by atoms with Crippen molar-refractivity contribution in [3.8, 4) is 5.75 Å². The molecular weight excluding hydrogens is 364 g/mol. The Labute approximate surface area is 161 Å². The van der Waals surface area contributed by atoms with Gasteiger partial charge in [-0.1, -0.05) is 37.3 Å². The maximum Gasteiger partial charge on any atom is 0.240 e. The normalized spacial score (nSPS) is 11.1. The number of nitrogens with zero attached hydrogens (tertiary/aromatic N) is 1. The predicted molar refractivity (Wildman–Crippen MR) is 108 cm³/mol. The van der Waals surface area contributed by atoms with Crippen LogP contribution >= 0.6 is 0 Å². The van der Waals surface area contributed by atoms with Gasteiger partial charge >= 0.3 is 0 Å². The van der Waals surface area contributed by atoms with E-state index in [9.17, 15) is 13.2 Å². The number of ether oxygens (including phenoxy) is 1. The van der Waals surface area contributed by atoms with Gasteiger partial charge in [0, 0.05) is 6.54 Å². The first-order valence-corrected chi connectivity index (χ1v) is 10.6. The van der Waals surface area contributed by atoms with Crippen LogP contribution in [0.1, 0.15) is 18.1 Å². The van der Waals surface area contributed by atoms with Crippen molar-refractivity contribution in [3.63, 3.8) is 0 Å². The fourth-order valence-corrected chi connectivity index (χ4v) is 3.68. The SMILES string of the molecule is CCc1ccccc1N(CC(=O)NCCc1cccc(OC)c1)S(C)(=O)=O. The molecule has 0 bridgehead atoms. The van der Waals surface area contributed by atoms with E-state index < -0.39 is 10.0 Å². The van der Waals surface area contributed by atoms with Crippen molar-refractivity contribution in [1.29, 1.82) is 0 Å². The Balaban J connectivity index is 2.02. The molecule has 2 aromatic carbocycles.